The van der Waals surface area contributed by atoms with Gasteiger partial charge in [-0.1, -0.05) is 6.07 Å². The van der Waals surface area contributed by atoms with Crippen LogP contribution in [0.1, 0.15) is 25.3 Å². The number of fused-ring (bicyclic) bond motifs is 1. The molecule has 112 valence electrons. The summed E-state index contributed by atoms with van der Waals surface area (Å²) in [6.45, 7) is 3.03. The van der Waals surface area contributed by atoms with E-state index in [9.17, 15) is 4.79 Å². The maximum atomic E-state index is 12.3. The van der Waals surface area contributed by atoms with Crippen LogP contribution in [0.5, 0.6) is 11.5 Å². The summed E-state index contributed by atoms with van der Waals surface area (Å²) < 4.78 is 10.6. The van der Waals surface area contributed by atoms with Gasteiger partial charge in [0.25, 0.3) is 0 Å². The van der Waals surface area contributed by atoms with Crippen molar-refractivity contribution in [2.24, 2.45) is 5.73 Å². The molecule has 0 aromatic heterocycles. The molecule has 5 nitrogen and oxygen atoms in total. The predicted molar refractivity (Wildman–Crippen MR) is 80.0 cm³/mol. The molecule has 0 aliphatic carbocycles. The molecule has 5 heteroatoms. The Morgan fingerprint density at radius 1 is 1.38 bits per heavy atom. The van der Waals surface area contributed by atoms with Crippen LogP contribution >= 0.6 is 0 Å². The SMILES string of the molecule is CC1CC(N)CCN1C(=O)/C=C/c1ccc2c(c1)OCO2. The number of carbonyl (C=O) groups excluding carboxylic acids is 1. The fraction of sp³-hybridized carbons (Fsp3) is 0.438. The molecule has 2 aliphatic heterocycles. The van der Waals surface area contributed by atoms with E-state index in [1.165, 1.54) is 0 Å². The van der Waals surface area contributed by atoms with E-state index >= 15 is 0 Å². The van der Waals surface area contributed by atoms with E-state index in [2.05, 4.69) is 0 Å². The largest absolute Gasteiger partial charge is 0.454 e. The molecular weight excluding hydrogens is 268 g/mol. The Labute approximate surface area is 124 Å². The van der Waals surface area contributed by atoms with E-state index < -0.39 is 0 Å². The van der Waals surface area contributed by atoms with Crippen LogP contribution in [-0.2, 0) is 4.79 Å². The highest BCUT2D eigenvalue weighted by atomic mass is 16.7. The van der Waals surface area contributed by atoms with Crippen molar-refractivity contribution < 1.29 is 14.3 Å². The van der Waals surface area contributed by atoms with Crippen molar-refractivity contribution in [3.63, 3.8) is 0 Å². The Bertz CT molecular complexity index is 571. The number of nitrogens with zero attached hydrogens (tertiary/aromatic N) is 1. The second kappa shape index (κ2) is 5.77. The number of likely N-dealkylation sites (tertiary alicyclic amines) is 1. The Balaban J connectivity index is 1.67. The normalized spacial score (nSPS) is 24.6. The Kier molecular flexibility index (Phi) is 3.84. The van der Waals surface area contributed by atoms with Crippen molar-refractivity contribution in [3.8, 4) is 11.5 Å². The fourth-order valence-electron chi connectivity index (χ4n) is 2.82. The maximum absolute atomic E-state index is 12.3. The Morgan fingerprint density at radius 2 is 2.19 bits per heavy atom. The van der Waals surface area contributed by atoms with E-state index in [4.69, 9.17) is 15.2 Å². The van der Waals surface area contributed by atoms with Crippen LogP contribution in [0.25, 0.3) is 6.08 Å². The first kappa shape index (κ1) is 13.9. The molecule has 0 saturated carbocycles. The van der Waals surface area contributed by atoms with Gasteiger partial charge in [-0.25, -0.2) is 0 Å². The molecule has 2 N–H and O–H groups in total. The summed E-state index contributed by atoms with van der Waals surface area (Å²) in [5.41, 5.74) is 6.85. The minimum Gasteiger partial charge on any atom is -0.454 e. The van der Waals surface area contributed by atoms with Gasteiger partial charge in [0.1, 0.15) is 0 Å². The van der Waals surface area contributed by atoms with Crippen LogP contribution < -0.4 is 15.2 Å². The number of rotatable bonds is 2. The third kappa shape index (κ3) is 3.03. The van der Waals surface area contributed by atoms with Crippen molar-refractivity contribution in [2.75, 3.05) is 13.3 Å². The van der Waals surface area contributed by atoms with E-state index in [1.807, 2.05) is 36.1 Å². The summed E-state index contributed by atoms with van der Waals surface area (Å²) in [5, 5.41) is 0. The van der Waals surface area contributed by atoms with Gasteiger partial charge in [-0.15, -0.1) is 0 Å². The molecule has 1 aromatic rings. The molecule has 3 rings (SSSR count). The number of amides is 1. The molecule has 1 saturated heterocycles. The van der Waals surface area contributed by atoms with Crippen LogP contribution in [0.4, 0.5) is 0 Å². The van der Waals surface area contributed by atoms with Gasteiger partial charge in [0.2, 0.25) is 12.7 Å². The first-order chi connectivity index (χ1) is 10.1. The summed E-state index contributed by atoms with van der Waals surface area (Å²) in [6.07, 6.45) is 5.16. The lowest BCUT2D eigenvalue weighted by Gasteiger charge is -2.35. The van der Waals surface area contributed by atoms with Gasteiger partial charge in [-0.3, -0.25) is 4.79 Å². The zero-order chi connectivity index (χ0) is 14.8. The Hall–Kier alpha value is -2.01. The molecule has 0 spiro atoms. The number of piperidine rings is 1. The highest BCUT2D eigenvalue weighted by Crippen LogP contribution is 2.32. The molecule has 1 fully saturated rings. The monoisotopic (exact) mass is 288 g/mol. The van der Waals surface area contributed by atoms with Gasteiger partial charge in [0.15, 0.2) is 11.5 Å². The summed E-state index contributed by atoms with van der Waals surface area (Å²) in [7, 11) is 0. The van der Waals surface area contributed by atoms with Gasteiger partial charge in [-0.05, 0) is 43.5 Å². The van der Waals surface area contributed by atoms with E-state index in [0.717, 1.165) is 36.4 Å². The highest BCUT2D eigenvalue weighted by molar-refractivity contribution is 5.92. The van der Waals surface area contributed by atoms with E-state index in [-0.39, 0.29) is 24.8 Å². The summed E-state index contributed by atoms with van der Waals surface area (Å²) in [4.78, 5) is 14.1. The molecule has 21 heavy (non-hydrogen) atoms. The van der Waals surface area contributed by atoms with Crippen molar-refractivity contribution in [1.29, 1.82) is 0 Å². The zero-order valence-corrected chi connectivity index (χ0v) is 12.1. The minimum absolute atomic E-state index is 0.0343. The van der Waals surface area contributed by atoms with Crippen molar-refractivity contribution in [3.05, 3.63) is 29.8 Å². The van der Waals surface area contributed by atoms with Gasteiger partial charge in [-0.2, -0.15) is 0 Å². The second-order valence-corrected chi connectivity index (χ2v) is 5.61. The molecule has 2 unspecified atom stereocenters. The third-order valence-corrected chi connectivity index (χ3v) is 4.01. The molecule has 2 heterocycles. The number of ether oxygens (including phenoxy) is 2. The number of carbonyl (C=O) groups is 1. The molecule has 1 amide bonds. The number of nitrogens with two attached hydrogens (primary N) is 1. The molecule has 1 aromatic carbocycles. The standard InChI is InChI=1S/C16H20N2O3/c1-11-8-13(17)6-7-18(11)16(19)5-3-12-2-4-14-15(9-12)21-10-20-14/h2-5,9,11,13H,6-8,10,17H2,1H3/b5-3+. The summed E-state index contributed by atoms with van der Waals surface area (Å²) in [5.74, 6) is 1.51. The van der Waals surface area contributed by atoms with Crippen molar-refractivity contribution in [1.82, 2.24) is 4.90 Å². The van der Waals surface area contributed by atoms with E-state index in [0.29, 0.717) is 0 Å². The summed E-state index contributed by atoms with van der Waals surface area (Å²) >= 11 is 0. The van der Waals surface area contributed by atoms with Crippen LogP contribution in [0.2, 0.25) is 0 Å². The first-order valence-electron chi connectivity index (χ1n) is 7.27. The first-order valence-corrected chi connectivity index (χ1v) is 7.27. The maximum Gasteiger partial charge on any atom is 0.246 e. The van der Waals surface area contributed by atoms with Gasteiger partial charge >= 0.3 is 0 Å². The molecule has 2 aliphatic rings. The van der Waals surface area contributed by atoms with Crippen LogP contribution in [0.15, 0.2) is 24.3 Å². The lowest BCUT2D eigenvalue weighted by atomic mass is 9.99. The highest BCUT2D eigenvalue weighted by Gasteiger charge is 2.25. The van der Waals surface area contributed by atoms with Gasteiger partial charge < -0.3 is 20.1 Å². The molecule has 2 atom stereocenters. The van der Waals surface area contributed by atoms with Crippen molar-refractivity contribution >= 4 is 12.0 Å². The number of benzene rings is 1. The quantitative estimate of drug-likeness (QED) is 0.842. The van der Waals surface area contributed by atoms with E-state index in [1.54, 1.807) is 6.08 Å². The smallest absolute Gasteiger partial charge is 0.246 e. The lowest BCUT2D eigenvalue weighted by Crippen LogP contribution is -2.47. The molecule has 0 bridgehead atoms. The second-order valence-electron chi connectivity index (χ2n) is 5.61. The van der Waals surface area contributed by atoms with Crippen LogP contribution in [-0.4, -0.2) is 36.2 Å². The predicted octanol–water partition coefficient (Wildman–Crippen LogP) is 1.77. The zero-order valence-electron chi connectivity index (χ0n) is 12.1. The minimum atomic E-state index is 0.0343. The van der Waals surface area contributed by atoms with Gasteiger partial charge in [0, 0.05) is 24.7 Å². The molecule has 0 radical (unpaired) electrons. The average Bonchev–Trinajstić information content (AvgIpc) is 2.92. The fourth-order valence-corrected chi connectivity index (χ4v) is 2.82. The Morgan fingerprint density at radius 3 is 3.00 bits per heavy atom. The molecular formula is C16H20N2O3. The topological polar surface area (TPSA) is 64.8 Å². The number of hydrogen-bond donors (Lipinski definition) is 1. The average molecular weight is 288 g/mol. The van der Waals surface area contributed by atoms with Crippen molar-refractivity contribution in [2.45, 2.75) is 31.8 Å². The lowest BCUT2D eigenvalue weighted by molar-refractivity contribution is -0.129. The number of hydrogen-bond acceptors (Lipinski definition) is 4. The van der Waals surface area contributed by atoms with Gasteiger partial charge in [0.05, 0.1) is 0 Å². The summed E-state index contributed by atoms with van der Waals surface area (Å²) in [6, 6.07) is 6.05. The third-order valence-electron chi connectivity index (χ3n) is 4.01. The van der Waals surface area contributed by atoms with Crippen LogP contribution in [0.3, 0.4) is 0 Å². The van der Waals surface area contributed by atoms with Crippen LogP contribution in [0, 0.1) is 0 Å².